The fraction of sp³-hybridized carbons (Fsp3) is 0.500. The maximum atomic E-state index is 12.5. The number of nitrogens with zero attached hydrogens (tertiary/aromatic N) is 1. The number of rotatable bonds is 6. The summed E-state index contributed by atoms with van der Waals surface area (Å²) >= 11 is 3.39. The zero-order valence-corrected chi connectivity index (χ0v) is 13.4. The first-order valence-corrected chi connectivity index (χ1v) is 6.97. The summed E-state index contributed by atoms with van der Waals surface area (Å²) in [6.07, 6.45) is 0. The van der Waals surface area contributed by atoms with Crippen molar-refractivity contribution in [1.29, 1.82) is 0 Å². The Morgan fingerprint density at radius 2 is 2.11 bits per heavy atom. The lowest BCUT2D eigenvalue weighted by atomic mass is 10.1. The number of hydrogen-bond acceptors (Lipinski definition) is 3. The Hall–Kier alpha value is -1.07. The van der Waals surface area contributed by atoms with Crippen LogP contribution in [0, 0.1) is 0 Å². The number of ether oxygens (including phenoxy) is 2. The molecule has 1 aromatic rings. The highest BCUT2D eigenvalue weighted by molar-refractivity contribution is 9.10. The average molecular weight is 330 g/mol. The van der Waals surface area contributed by atoms with Crippen molar-refractivity contribution < 1.29 is 14.3 Å². The Morgan fingerprint density at radius 3 is 2.58 bits per heavy atom. The normalized spacial score (nSPS) is 12.1. The van der Waals surface area contributed by atoms with Crippen molar-refractivity contribution in [2.24, 2.45) is 0 Å². The van der Waals surface area contributed by atoms with E-state index in [1.807, 2.05) is 13.8 Å². The van der Waals surface area contributed by atoms with E-state index >= 15 is 0 Å². The minimum atomic E-state index is -0.00426. The minimum Gasteiger partial charge on any atom is -0.496 e. The highest BCUT2D eigenvalue weighted by atomic mass is 79.9. The van der Waals surface area contributed by atoms with Crippen molar-refractivity contribution in [2.45, 2.75) is 19.9 Å². The number of amides is 1. The lowest BCUT2D eigenvalue weighted by molar-refractivity contribution is 0.0579. The first-order chi connectivity index (χ1) is 9.04. The van der Waals surface area contributed by atoms with Crippen LogP contribution < -0.4 is 4.74 Å². The highest BCUT2D eigenvalue weighted by Crippen LogP contribution is 2.26. The fourth-order valence-electron chi connectivity index (χ4n) is 1.95. The van der Waals surface area contributed by atoms with E-state index in [9.17, 15) is 4.79 Å². The Bertz CT molecular complexity index is 437. The van der Waals surface area contributed by atoms with Gasteiger partial charge in [-0.3, -0.25) is 4.79 Å². The SMILES string of the molecule is CCN(C(=O)c1ccc(OC)c(Br)c1)C(C)COC. The molecule has 1 atom stereocenters. The summed E-state index contributed by atoms with van der Waals surface area (Å²) in [6, 6.07) is 5.38. The third kappa shape index (κ3) is 3.94. The van der Waals surface area contributed by atoms with E-state index in [4.69, 9.17) is 9.47 Å². The van der Waals surface area contributed by atoms with E-state index in [1.54, 1.807) is 37.3 Å². The molecule has 19 heavy (non-hydrogen) atoms. The van der Waals surface area contributed by atoms with E-state index in [1.165, 1.54) is 0 Å². The molecule has 106 valence electrons. The lowest BCUT2D eigenvalue weighted by Gasteiger charge is -2.27. The molecule has 0 bridgehead atoms. The molecule has 0 saturated heterocycles. The summed E-state index contributed by atoms with van der Waals surface area (Å²) in [5, 5.41) is 0. The summed E-state index contributed by atoms with van der Waals surface area (Å²) in [4.78, 5) is 14.2. The first-order valence-electron chi connectivity index (χ1n) is 6.18. The summed E-state index contributed by atoms with van der Waals surface area (Å²) in [5.74, 6) is 0.708. The van der Waals surface area contributed by atoms with Gasteiger partial charge in [0, 0.05) is 19.2 Å². The number of halogens is 1. The van der Waals surface area contributed by atoms with Gasteiger partial charge >= 0.3 is 0 Å². The van der Waals surface area contributed by atoms with E-state index in [0.29, 0.717) is 24.5 Å². The van der Waals surface area contributed by atoms with E-state index in [-0.39, 0.29) is 11.9 Å². The molecule has 0 saturated carbocycles. The Morgan fingerprint density at radius 1 is 1.42 bits per heavy atom. The van der Waals surface area contributed by atoms with Gasteiger partial charge < -0.3 is 14.4 Å². The van der Waals surface area contributed by atoms with Crippen LogP contribution in [0.5, 0.6) is 5.75 Å². The van der Waals surface area contributed by atoms with Gasteiger partial charge in [0.05, 0.1) is 24.2 Å². The predicted molar refractivity (Wildman–Crippen MR) is 78.7 cm³/mol. The van der Waals surface area contributed by atoms with Crippen molar-refractivity contribution in [3.63, 3.8) is 0 Å². The van der Waals surface area contributed by atoms with Crippen molar-refractivity contribution in [3.05, 3.63) is 28.2 Å². The molecule has 0 heterocycles. The van der Waals surface area contributed by atoms with Crippen LogP contribution in [-0.4, -0.2) is 44.2 Å². The third-order valence-corrected chi connectivity index (χ3v) is 3.56. The van der Waals surface area contributed by atoms with Gasteiger partial charge in [0.25, 0.3) is 5.91 Å². The van der Waals surface area contributed by atoms with Crippen LogP contribution in [0.25, 0.3) is 0 Å². The summed E-state index contributed by atoms with van der Waals surface area (Å²) in [5.41, 5.74) is 0.637. The number of carbonyl (C=O) groups is 1. The van der Waals surface area contributed by atoms with Crippen molar-refractivity contribution >= 4 is 21.8 Å². The number of likely N-dealkylation sites (N-methyl/N-ethyl adjacent to an activating group) is 1. The Kier molecular flexibility index (Phi) is 6.31. The van der Waals surface area contributed by atoms with Gasteiger partial charge in [-0.2, -0.15) is 0 Å². The minimum absolute atomic E-state index is 0.00426. The average Bonchev–Trinajstić information content (AvgIpc) is 2.39. The lowest BCUT2D eigenvalue weighted by Crippen LogP contribution is -2.40. The van der Waals surface area contributed by atoms with Crippen LogP contribution in [0.15, 0.2) is 22.7 Å². The number of methoxy groups -OCH3 is 2. The second-order valence-electron chi connectivity index (χ2n) is 4.24. The maximum absolute atomic E-state index is 12.5. The van der Waals surface area contributed by atoms with Gasteiger partial charge in [-0.1, -0.05) is 0 Å². The van der Waals surface area contributed by atoms with Crippen LogP contribution in [0.3, 0.4) is 0 Å². The molecule has 0 spiro atoms. The molecule has 1 rings (SSSR count). The molecule has 0 fully saturated rings. The van der Waals surface area contributed by atoms with Gasteiger partial charge in [0.15, 0.2) is 0 Å². The van der Waals surface area contributed by atoms with Crippen molar-refractivity contribution in [2.75, 3.05) is 27.4 Å². The fourth-order valence-corrected chi connectivity index (χ4v) is 2.49. The quantitative estimate of drug-likeness (QED) is 0.805. The zero-order chi connectivity index (χ0) is 14.4. The topological polar surface area (TPSA) is 38.8 Å². The Labute approximate surface area is 122 Å². The van der Waals surface area contributed by atoms with Gasteiger partial charge in [-0.05, 0) is 48.0 Å². The molecule has 1 unspecified atom stereocenters. The molecule has 0 aliphatic carbocycles. The summed E-state index contributed by atoms with van der Waals surface area (Å²) in [6.45, 7) is 5.11. The van der Waals surface area contributed by atoms with Crippen LogP contribution >= 0.6 is 15.9 Å². The standard InChI is InChI=1S/C14H20BrNO3/c1-5-16(10(2)9-18-3)14(17)11-6-7-13(19-4)12(15)8-11/h6-8,10H,5,9H2,1-4H3. The Balaban J connectivity index is 2.94. The smallest absolute Gasteiger partial charge is 0.254 e. The van der Waals surface area contributed by atoms with Crippen LogP contribution in [0.4, 0.5) is 0 Å². The monoisotopic (exact) mass is 329 g/mol. The zero-order valence-electron chi connectivity index (χ0n) is 11.8. The molecule has 1 aromatic carbocycles. The molecule has 0 aliphatic heterocycles. The molecule has 4 nitrogen and oxygen atoms in total. The molecular weight excluding hydrogens is 310 g/mol. The summed E-state index contributed by atoms with van der Waals surface area (Å²) in [7, 11) is 3.24. The first kappa shape index (κ1) is 16.0. The second kappa shape index (κ2) is 7.50. The van der Waals surface area contributed by atoms with Gasteiger partial charge in [0.1, 0.15) is 5.75 Å². The highest BCUT2D eigenvalue weighted by Gasteiger charge is 2.20. The third-order valence-electron chi connectivity index (χ3n) is 2.94. The number of benzene rings is 1. The van der Waals surface area contributed by atoms with E-state index in [2.05, 4.69) is 15.9 Å². The molecule has 5 heteroatoms. The molecule has 0 aliphatic rings. The number of hydrogen-bond donors (Lipinski definition) is 0. The molecular formula is C14H20BrNO3. The maximum Gasteiger partial charge on any atom is 0.254 e. The predicted octanol–water partition coefficient (Wildman–Crippen LogP) is 2.95. The summed E-state index contributed by atoms with van der Waals surface area (Å²) < 4.78 is 11.0. The van der Waals surface area contributed by atoms with Crippen LogP contribution in [0.2, 0.25) is 0 Å². The van der Waals surface area contributed by atoms with Crippen LogP contribution in [0.1, 0.15) is 24.2 Å². The van der Waals surface area contributed by atoms with Gasteiger partial charge in [-0.25, -0.2) is 0 Å². The molecule has 0 radical (unpaired) electrons. The largest absolute Gasteiger partial charge is 0.496 e. The molecule has 0 aromatic heterocycles. The van der Waals surface area contributed by atoms with Crippen molar-refractivity contribution in [1.82, 2.24) is 4.90 Å². The molecule has 0 N–H and O–H groups in total. The molecule has 1 amide bonds. The number of carbonyl (C=O) groups excluding carboxylic acids is 1. The van der Waals surface area contributed by atoms with E-state index < -0.39 is 0 Å². The second-order valence-corrected chi connectivity index (χ2v) is 5.10. The van der Waals surface area contributed by atoms with Gasteiger partial charge in [-0.15, -0.1) is 0 Å². The van der Waals surface area contributed by atoms with E-state index in [0.717, 1.165) is 4.47 Å². The van der Waals surface area contributed by atoms with Gasteiger partial charge in [0.2, 0.25) is 0 Å². The van der Waals surface area contributed by atoms with Crippen molar-refractivity contribution in [3.8, 4) is 5.75 Å². The van der Waals surface area contributed by atoms with Crippen LogP contribution in [-0.2, 0) is 4.74 Å².